The number of hydrogen-bond acceptors (Lipinski definition) is 2. The maximum Gasteiger partial charge on any atom is 0.138 e. The van der Waals surface area contributed by atoms with Crippen molar-refractivity contribution in [3.63, 3.8) is 0 Å². The van der Waals surface area contributed by atoms with Crippen molar-refractivity contribution in [2.45, 2.75) is 113 Å². The highest BCUT2D eigenvalue weighted by molar-refractivity contribution is 5.85. The topological polar surface area (TPSA) is 37.3 Å². The zero-order valence-corrected chi connectivity index (χ0v) is 22.1. The Morgan fingerprint density at radius 1 is 0.969 bits per heavy atom. The third-order valence-corrected chi connectivity index (χ3v) is 13.2. The molecule has 0 aromatic carbocycles. The maximum atomic E-state index is 12.9. The quantitative estimate of drug-likeness (QED) is 0.404. The number of carbonyl (C=O) groups is 1. The summed E-state index contributed by atoms with van der Waals surface area (Å²) in [6.07, 6.45) is 11.2. The van der Waals surface area contributed by atoms with Gasteiger partial charge in [0.05, 0.1) is 6.10 Å². The van der Waals surface area contributed by atoms with Gasteiger partial charge in [0.25, 0.3) is 0 Å². The highest BCUT2D eigenvalue weighted by Crippen LogP contribution is 2.76. The van der Waals surface area contributed by atoms with Crippen molar-refractivity contribution in [1.29, 1.82) is 0 Å². The van der Waals surface area contributed by atoms with E-state index in [4.69, 9.17) is 0 Å². The van der Waals surface area contributed by atoms with Gasteiger partial charge in [0, 0.05) is 17.8 Å². The predicted molar refractivity (Wildman–Crippen MR) is 131 cm³/mol. The zero-order valence-electron chi connectivity index (χ0n) is 22.1. The summed E-state index contributed by atoms with van der Waals surface area (Å²) in [5, 5.41) is 11.7. The number of carbonyl (C=O) groups excluding carboxylic acids is 1. The first-order chi connectivity index (χ1) is 14.7. The number of fused-ring (bicyclic) bond motifs is 7. The number of aliphatic hydroxyl groups excluding tert-OH is 1. The summed E-state index contributed by atoms with van der Waals surface area (Å²) < 4.78 is 0. The minimum Gasteiger partial charge on any atom is -0.393 e. The van der Waals surface area contributed by atoms with Gasteiger partial charge in [-0.2, -0.15) is 0 Å². The van der Waals surface area contributed by atoms with Crippen molar-refractivity contribution in [2.24, 2.45) is 56.7 Å². The minimum absolute atomic E-state index is 0.0621. The predicted octanol–water partition coefficient (Wildman–Crippen LogP) is 7.20. The number of rotatable bonds is 0. The smallest absolute Gasteiger partial charge is 0.138 e. The molecule has 180 valence electrons. The van der Waals surface area contributed by atoms with E-state index in [2.05, 4.69) is 61.5 Å². The summed E-state index contributed by atoms with van der Waals surface area (Å²) in [4.78, 5) is 12.9. The molecule has 2 heteroatoms. The fraction of sp³-hybridized carbons (Fsp3) is 0.900. The van der Waals surface area contributed by atoms with E-state index < -0.39 is 5.41 Å². The van der Waals surface area contributed by atoms with Crippen LogP contribution in [-0.2, 0) is 4.79 Å². The lowest BCUT2D eigenvalue weighted by atomic mass is 9.31. The van der Waals surface area contributed by atoms with E-state index in [1.54, 1.807) is 5.57 Å². The third kappa shape index (κ3) is 2.60. The summed E-state index contributed by atoms with van der Waals surface area (Å²) in [7, 11) is 0. The SMILES string of the molecule is CC1=CCC2(C)CCC3(C)C(CCC4C5(C)CCC(=O)C(C)(C)C5C(O)CC43C)C2C1C. The van der Waals surface area contributed by atoms with Crippen LogP contribution >= 0.6 is 0 Å². The third-order valence-electron chi connectivity index (χ3n) is 13.2. The Labute approximate surface area is 197 Å². The average Bonchev–Trinajstić information content (AvgIpc) is 2.69. The molecule has 0 bridgehead atoms. The number of ketones is 1. The normalized spacial score (nSPS) is 56.9. The number of allylic oxidation sites excluding steroid dienone is 2. The van der Waals surface area contributed by atoms with E-state index in [9.17, 15) is 9.90 Å². The summed E-state index contributed by atoms with van der Waals surface area (Å²) in [5.74, 6) is 3.25. The molecule has 0 heterocycles. The molecule has 1 N–H and O–H groups in total. The Hall–Kier alpha value is -0.630. The van der Waals surface area contributed by atoms with Crippen LogP contribution in [0.15, 0.2) is 11.6 Å². The van der Waals surface area contributed by atoms with Crippen molar-refractivity contribution in [3.8, 4) is 0 Å². The van der Waals surface area contributed by atoms with E-state index in [1.165, 1.54) is 32.1 Å². The first-order valence-corrected chi connectivity index (χ1v) is 13.6. The largest absolute Gasteiger partial charge is 0.393 e. The molecule has 4 fully saturated rings. The van der Waals surface area contributed by atoms with Crippen LogP contribution in [0.4, 0.5) is 0 Å². The van der Waals surface area contributed by atoms with Gasteiger partial charge in [0.15, 0.2) is 0 Å². The lowest BCUT2D eigenvalue weighted by Crippen LogP contribution is -2.69. The Kier molecular flexibility index (Phi) is 4.87. The van der Waals surface area contributed by atoms with Crippen LogP contribution in [0.1, 0.15) is 107 Å². The first-order valence-electron chi connectivity index (χ1n) is 13.6. The molecule has 0 aromatic heterocycles. The lowest BCUT2D eigenvalue weighted by molar-refractivity contribution is -0.261. The fourth-order valence-electron chi connectivity index (χ4n) is 11.3. The van der Waals surface area contributed by atoms with Crippen LogP contribution in [-0.4, -0.2) is 17.0 Å². The molecular weight excluding hydrogens is 392 g/mol. The van der Waals surface area contributed by atoms with Crippen LogP contribution in [0.2, 0.25) is 0 Å². The van der Waals surface area contributed by atoms with Gasteiger partial charge in [-0.05, 0) is 97.2 Å². The molecule has 4 saturated carbocycles. The molecule has 5 rings (SSSR count). The van der Waals surface area contributed by atoms with Gasteiger partial charge in [0.2, 0.25) is 0 Å². The second kappa shape index (κ2) is 6.73. The lowest BCUT2D eigenvalue weighted by Gasteiger charge is -2.73. The van der Waals surface area contributed by atoms with Crippen LogP contribution < -0.4 is 0 Å². The Morgan fingerprint density at radius 3 is 2.34 bits per heavy atom. The Morgan fingerprint density at radius 2 is 1.66 bits per heavy atom. The molecule has 10 unspecified atom stereocenters. The van der Waals surface area contributed by atoms with Crippen LogP contribution in [0.25, 0.3) is 0 Å². The Bertz CT molecular complexity index is 855. The van der Waals surface area contributed by atoms with E-state index in [0.29, 0.717) is 29.5 Å². The number of Topliss-reactive ketones (excluding diaryl/α,β-unsaturated/α-hetero) is 1. The zero-order chi connectivity index (χ0) is 23.5. The minimum atomic E-state index is -0.406. The van der Waals surface area contributed by atoms with Gasteiger partial charge >= 0.3 is 0 Å². The van der Waals surface area contributed by atoms with Crippen LogP contribution in [0.3, 0.4) is 0 Å². The highest BCUT2D eigenvalue weighted by atomic mass is 16.3. The van der Waals surface area contributed by atoms with E-state index in [-0.39, 0.29) is 28.3 Å². The van der Waals surface area contributed by atoms with Crippen molar-refractivity contribution in [2.75, 3.05) is 0 Å². The van der Waals surface area contributed by atoms with Crippen LogP contribution in [0, 0.1) is 56.7 Å². The van der Waals surface area contributed by atoms with Gasteiger partial charge in [-0.3, -0.25) is 4.79 Å². The molecule has 5 aliphatic rings. The van der Waals surface area contributed by atoms with Gasteiger partial charge in [-0.25, -0.2) is 0 Å². The van der Waals surface area contributed by atoms with E-state index in [0.717, 1.165) is 24.7 Å². The highest BCUT2D eigenvalue weighted by Gasteiger charge is 2.71. The molecular formula is C30H48O2. The standard InChI is InChI=1S/C30H48O2/c1-18-11-13-27(5)15-16-29(7)20(24(27)19(18)2)9-10-22-28(6)14-12-23(32)26(3,4)25(28)21(31)17-30(22,29)8/h11,19-22,24-25,31H,9-10,12-17H2,1-8H3. The molecule has 10 atom stereocenters. The average molecular weight is 441 g/mol. The molecule has 32 heavy (non-hydrogen) atoms. The van der Waals surface area contributed by atoms with Gasteiger partial charge in [-0.1, -0.05) is 60.1 Å². The van der Waals surface area contributed by atoms with Crippen molar-refractivity contribution in [1.82, 2.24) is 0 Å². The summed E-state index contributed by atoms with van der Waals surface area (Å²) in [6, 6.07) is 0. The summed E-state index contributed by atoms with van der Waals surface area (Å²) >= 11 is 0. The second-order valence-corrected chi connectivity index (χ2v) is 14.6. The molecule has 2 nitrogen and oxygen atoms in total. The van der Waals surface area contributed by atoms with E-state index >= 15 is 0 Å². The monoisotopic (exact) mass is 440 g/mol. The molecule has 5 aliphatic carbocycles. The van der Waals surface area contributed by atoms with Crippen molar-refractivity contribution in [3.05, 3.63) is 11.6 Å². The molecule has 0 saturated heterocycles. The number of aliphatic hydroxyl groups is 1. The fourth-order valence-corrected chi connectivity index (χ4v) is 11.3. The first kappa shape index (κ1) is 23.1. The molecule has 0 amide bonds. The van der Waals surface area contributed by atoms with Gasteiger partial charge < -0.3 is 5.11 Å². The summed E-state index contributed by atoms with van der Waals surface area (Å²) in [6.45, 7) is 19.3. The Balaban J connectivity index is 1.59. The van der Waals surface area contributed by atoms with Crippen LogP contribution in [0.5, 0.6) is 0 Å². The molecule has 0 spiro atoms. The number of hydrogen-bond donors (Lipinski definition) is 1. The van der Waals surface area contributed by atoms with Gasteiger partial charge in [-0.15, -0.1) is 0 Å². The molecule has 0 aliphatic heterocycles. The van der Waals surface area contributed by atoms with E-state index in [1.807, 2.05) is 0 Å². The van der Waals surface area contributed by atoms with Crippen molar-refractivity contribution < 1.29 is 9.90 Å². The maximum absolute atomic E-state index is 12.9. The summed E-state index contributed by atoms with van der Waals surface area (Å²) in [5.41, 5.74) is 2.11. The van der Waals surface area contributed by atoms with Gasteiger partial charge in [0.1, 0.15) is 5.78 Å². The molecule has 0 aromatic rings. The second-order valence-electron chi connectivity index (χ2n) is 14.6. The van der Waals surface area contributed by atoms with Crippen molar-refractivity contribution >= 4 is 5.78 Å². The molecule has 0 radical (unpaired) electrons.